The van der Waals surface area contributed by atoms with Crippen molar-refractivity contribution in [2.24, 2.45) is 0 Å². The number of rotatable bonds is 6. The quantitative estimate of drug-likeness (QED) is 0.234. The lowest BCUT2D eigenvalue weighted by atomic mass is 10.0. The van der Waals surface area contributed by atoms with Crippen LogP contribution in [0.4, 0.5) is 0 Å². The van der Waals surface area contributed by atoms with Gasteiger partial charge in [0.15, 0.2) is 11.4 Å². The Hall–Kier alpha value is -5.49. The predicted molar refractivity (Wildman–Crippen MR) is 135 cm³/mol. The molecule has 1 saturated heterocycles. The van der Waals surface area contributed by atoms with Crippen LogP contribution < -0.4 is 4.74 Å². The highest BCUT2D eigenvalue weighted by Gasteiger charge is 2.31. The van der Waals surface area contributed by atoms with Gasteiger partial charge in [0, 0.05) is 32.4 Å². The molecular formula is C26H21N9O3. The maximum Gasteiger partial charge on any atom is 0.295 e. The average Bonchev–Trinajstić information content (AvgIpc) is 3.66. The fraction of sp³-hybridized carbons (Fsp3) is 0.192. The van der Waals surface area contributed by atoms with Crippen molar-refractivity contribution in [1.82, 2.24) is 34.8 Å². The van der Waals surface area contributed by atoms with Gasteiger partial charge in [-0.2, -0.15) is 10.5 Å². The van der Waals surface area contributed by atoms with Crippen LogP contribution in [0.5, 0.6) is 5.75 Å². The number of Topliss-reactive ketones (excluding diaryl/α,β-unsaturated/α-hetero) is 1. The maximum absolute atomic E-state index is 13.4. The van der Waals surface area contributed by atoms with E-state index >= 15 is 0 Å². The van der Waals surface area contributed by atoms with Gasteiger partial charge in [-0.15, -0.1) is 5.10 Å². The van der Waals surface area contributed by atoms with Crippen LogP contribution in [0.3, 0.4) is 0 Å². The lowest BCUT2D eigenvalue weighted by Gasteiger charge is -2.37. The van der Waals surface area contributed by atoms with Crippen molar-refractivity contribution in [3.05, 3.63) is 71.8 Å². The van der Waals surface area contributed by atoms with Crippen molar-refractivity contribution >= 4 is 28.3 Å². The number of ketones is 1. The third kappa shape index (κ3) is 4.20. The summed E-state index contributed by atoms with van der Waals surface area (Å²) in [5.41, 5.74) is 1.89. The number of nitriles is 2. The van der Waals surface area contributed by atoms with E-state index < -0.39 is 11.7 Å². The second-order valence-corrected chi connectivity index (χ2v) is 8.37. The van der Waals surface area contributed by atoms with Gasteiger partial charge in [-0.1, -0.05) is 35.5 Å². The smallest absolute Gasteiger partial charge is 0.295 e. The Morgan fingerprint density at radius 3 is 2.39 bits per heavy atom. The first-order valence-electron chi connectivity index (χ1n) is 11.7. The molecule has 1 amide bonds. The van der Waals surface area contributed by atoms with Crippen LogP contribution in [-0.2, 0) is 4.79 Å². The number of nitrogens with one attached hydrogen (secondary N) is 1. The summed E-state index contributed by atoms with van der Waals surface area (Å²) in [6, 6.07) is 13.1. The van der Waals surface area contributed by atoms with Gasteiger partial charge < -0.3 is 19.5 Å². The summed E-state index contributed by atoms with van der Waals surface area (Å²) >= 11 is 0. The minimum atomic E-state index is -0.688. The Morgan fingerprint density at radius 2 is 1.76 bits per heavy atom. The second kappa shape index (κ2) is 10.2. The molecule has 188 valence electrons. The molecule has 0 saturated carbocycles. The number of nitrogens with zero attached hydrogens (tertiary/aromatic N) is 8. The molecule has 0 bridgehead atoms. The molecule has 1 fully saturated rings. The summed E-state index contributed by atoms with van der Waals surface area (Å²) in [7, 11) is 1.46. The van der Waals surface area contributed by atoms with E-state index in [0.29, 0.717) is 41.3 Å². The molecule has 0 unspecified atom stereocenters. The van der Waals surface area contributed by atoms with E-state index in [1.54, 1.807) is 6.20 Å². The second-order valence-electron chi connectivity index (χ2n) is 8.37. The number of amides is 1. The van der Waals surface area contributed by atoms with Crippen molar-refractivity contribution in [3.63, 3.8) is 0 Å². The van der Waals surface area contributed by atoms with Gasteiger partial charge in [0.1, 0.15) is 17.9 Å². The van der Waals surface area contributed by atoms with Crippen LogP contribution >= 0.6 is 0 Å². The van der Waals surface area contributed by atoms with Gasteiger partial charge >= 0.3 is 0 Å². The van der Waals surface area contributed by atoms with Crippen LogP contribution in [0.1, 0.15) is 15.9 Å². The SMILES string of the molecule is COc1cnc(-n2ccnn2)c2[nH]cc(C(=O)C(=O)N3CCN(C(=C(C#N)C#N)c4ccccc4)CC3)c12. The Labute approximate surface area is 217 Å². The highest BCUT2D eigenvalue weighted by molar-refractivity contribution is 6.45. The number of methoxy groups -OCH3 is 1. The molecule has 1 N–H and O–H groups in total. The van der Waals surface area contributed by atoms with E-state index in [1.807, 2.05) is 47.4 Å². The summed E-state index contributed by atoms with van der Waals surface area (Å²) in [5, 5.41) is 27.2. The lowest BCUT2D eigenvalue weighted by molar-refractivity contribution is -0.127. The molecule has 0 radical (unpaired) electrons. The van der Waals surface area contributed by atoms with Gasteiger partial charge in [0.2, 0.25) is 0 Å². The zero-order valence-electron chi connectivity index (χ0n) is 20.3. The normalized spacial score (nSPS) is 13.0. The molecular weight excluding hydrogens is 486 g/mol. The van der Waals surface area contributed by atoms with E-state index in [1.165, 1.54) is 35.3 Å². The predicted octanol–water partition coefficient (Wildman–Crippen LogP) is 1.94. The van der Waals surface area contributed by atoms with Crippen LogP contribution in [0, 0.1) is 22.7 Å². The van der Waals surface area contributed by atoms with E-state index in [4.69, 9.17) is 4.74 Å². The van der Waals surface area contributed by atoms with Crippen molar-refractivity contribution in [2.45, 2.75) is 0 Å². The number of carbonyl (C=O) groups is 2. The molecule has 0 atom stereocenters. The third-order valence-electron chi connectivity index (χ3n) is 6.34. The highest BCUT2D eigenvalue weighted by atomic mass is 16.5. The Bertz CT molecular complexity index is 1600. The molecule has 12 nitrogen and oxygen atoms in total. The summed E-state index contributed by atoms with van der Waals surface area (Å²) < 4.78 is 6.88. The number of ether oxygens (including phenoxy) is 1. The minimum Gasteiger partial charge on any atom is -0.494 e. The summed E-state index contributed by atoms with van der Waals surface area (Å²) in [4.78, 5) is 37.4. The zero-order valence-corrected chi connectivity index (χ0v) is 20.3. The molecule has 1 aromatic carbocycles. The number of hydrogen-bond acceptors (Lipinski definition) is 9. The Balaban J connectivity index is 1.39. The van der Waals surface area contributed by atoms with Gasteiger partial charge in [0.05, 0.1) is 47.9 Å². The monoisotopic (exact) mass is 507 g/mol. The van der Waals surface area contributed by atoms with E-state index in [0.717, 1.165) is 5.56 Å². The zero-order chi connectivity index (χ0) is 26.6. The first-order chi connectivity index (χ1) is 18.6. The first kappa shape index (κ1) is 24.2. The van der Waals surface area contributed by atoms with E-state index in [9.17, 15) is 20.1 Å². The molecule has 3 aromatic heterocycles. The number of fused-ring (bicyclic) bond motifs is 1. The minimum absolute atomic E-state index is 0.00487. The molecule has 5 rings (SSSR count). The van der Waals surface area contributed by atoms with Crippen LogP contribution in [0.25, 0.3) is 22.4 Å². The van der Waals surface area contributed by atoms with Crippen molar-refractivity contribution in [3.8, 4) is 23.7 Å². The van der Waals surface area contributed by atoms with Gasteiger partial charge in [-0.3, -0.25) is 9.59 Å². The molecule has 1 aliphatic heterocycles. The van der Waals surface area contributed by atoms with Crippen molar-refractivity contribution in [2.75, 3.05) is 33.3 Å². The number of pyridine rings is 1. The van der Waals surface area contributed by atoms with Crippen LogP contribution in [0.2, 0.25) is 0 Å². The van der Waals surface area contributed by atoms with Crippen molar-refractivity contribution < 1.29 is 14.3 Å². The maximum atomic E-state index is 13.4. The largest absolute Gasteiger partial charge is 0.494 e. The number of piperazine rings is 1. The number of carbonyl (C=O) groups excluding carboxylic acids is 2. The van der Waals surface area contributed by atoms with Crippen LogP contribution in [-0.4, -0.2) is 79.7 Å². The topological polar surface area (TPSA) is 157 Å². The lowest BCUT2D eigenvalue weighted by Crippen LogP contribution is -2.50. The van der Waals surface area contributed by atoms with E-state index in [-0.39, 0.29) is 24.2 Å². The fourth-order valence-electron chi connectivity index (χ4n) is 4.54. The molecule has 4 aromatic rings. The number of H-pyrrole nitrogens is 1. The Morgan fingerprint density at radius 1 is 1.05 bits per heavy atom. The summed E-state index contributed by atoms with van der Waals surface area (Å²) in [5.74, 6) is -0.598. The van der Waals surface area contributed by atoms with E-state index in [2.05, 4.69) is 20.3 Å². The molecule has 0 aliphatic carbocycles. The molecule has 0 spiro atoms. The third-order valence-corrected chi connectivity index (χ3v) is 6.34. The Kier molecular flexibility index (Phi) is 6.53. The highest BCUT2D eigenvalue weighted by Crippen LogP contribution is 2.32. The van der Waals surface area contributed by atoms with Gasteiger partial charge in [-0.25, -0.2) is 9.67 Å². The number of aromatic nitrogens is 5. The molecule has 12 heteroatoms. The molecule has 38 heavy (non-hydrogen) atoms. The number of hydrogen-bond donors (Lipinski definition) is 1. The average molecular weight is 508 g/mol. The standard InChI is InChI=1S/C26H21N9O3/c1-38-20-16-30-25(35-8-7-31-32-35)22-21(20)19(15-29-22)24(36)26(37)34-11-9-33(10-12-34)23(18(13-27)14-28)17-5-3-2-4-6-17/h2-8,15-16,29H,9-12H2,1H3. The fourth-order valence-corrected chi connectivity index (χ4v) is 4.54. The molecule has 1 aliphatic rings. The molecule has 4 heterocycles. The summed E-state index contributed by atoms with van der Waals surface area (Å²) in [6.07, 6.45) is 6.05. The van der Waals surface area contributed by atoms with Gasteiger partial charge in [-0.05, 0) is 5.56 Å². The first-order valence-corrected chi connectivity index (χ1v) is 11.7. The van der Waals surface area contributed by atoms with Gasteiger partial charge in [0.25, 0.3) is 11.7 Å². The number of benzene rings is 1. The summed E-state index contributed by atoms with van der Waals surface area (Å²) in [6.45, 7) is 1.20. The number of allylic oxidation sites excluding steroid dienone is 1. The van der Waals surface area contributed by atoms with Crippen molar-refractivity contribution in [1.29, 1.82) is 10.5 Å². The number of aromatic amines is 1. The van der Waals surface area contributed by atoms with Crippen LogP contribution in [0.15, 0.2) is 60.7 Å².